The van der Waals surface area contributed by atoms with E-state index >= 15 is 0 Å². The second-order valence-electron chi connectivity index (χ2n) is 5.47. The summed E-state index contributed by atoms with van der Waals surface area (Å²) < 4.78 is 1.89. The van der Waals surface area contributed by atoms with Crippen LogP contribution in [0.3, 0.4) is 0 Å². The van der Waals surface area contributed by atoms with Crippen LogP contribution in [0.2, 0.25) is 0 Å². The first kappa shape index (κ1) is 12.5. The van der Waals surface area contributed by atoms with E-state index < -0.39 is 0 Å². The van der Waals surface area contributed by atoms with Crippen LogP contribution in [0, 0.1) is 0 Å². The Morgan fingerprint density at radius 2 is 2.00 bits per heavy atom. The van der Waals surface area contributed by atoms with Gasteiger partial charge in [0.2, 0.25) is 0 Å². The fraction of sp³-hybridized carbons (Fsp3) is 0.312. The quantitative estimate of drug-likeness (QED) is 0.782. The molecule has 4 rings (SSSR count). The standard InChI is InChI=1S/C16H17N5/c1-2-13(10-18-7-1)16-19-15-4-3-14(11-21(15)20-16)12-5-8-17-9-6-12/h3-6,8-9,11,13,18H,1-2,7,10H2/t13-/m1/s1. The molecular formula is C16H17N5. The van der Waals surface area contributed by atoms with Crippen LogP contribution in [0.15, 0.2) is 42.9 Å². The van der Waals surface area contributed by atoms with Crippen LogP contribution < -0.4 is 5.32 Å². The van der Waals surface area contributed by atoms with E-state index in [1.807, 2.05) is 28.9 Å². The Morgan fingerprint density at radius 1 is 1.10 bits per heavy atom. The van der Waals surface area contributed by atoms with E-state index in [0.29, 0.717) is 5.92 Å². The van der Waals surface area contributed by atoms with Crippen molar-refractivity contribution in [2.75, 3.05) is 13.1 Å². The summed E-state index contributed by atoms with van der Waals surface area (Å²) in [7, 11) is 0. The van der Waals surface area contributed by atoms with Gasteiger partial charge in [0.15, 0.2) is 11.5 Å². The van der Waals surface area contributed by atoms with E-state index in [9.17, 15) is 0 Å². The minimum absolute atomic E-state index is 0.433. The maximum absolute atomic E-state index is 4.67. The number of nitrogens with one attached hydrogen (secondary N) is 1. The van der Waals surface area contributed by atoms with Gasteiger partial charge in [0, 0.05) is 36.6 Å². The molecule has 0 spiro atoms. The smallest absolute Gasteiger partial charge is 0.156 e. The molecule has 0 bridgehead atoms. The van der Waals surface area contributed by atoms with Crippen LogP contribution in [-0.4, -0.2) is 32.7 Å². The topological polar surface area (TPSA) is 55.1 Å². The highest BCUT2D eigenvalue weighted by Gasteiger charge is 2.19. The zero-order valence-corrected chi connectivity index (χ0v) is 11.7. The third-order valence-electron chi connectivity index (χ3n) is 4.02. The van der Waals surface area contributed by atoms with Crippen molar-refractivity contribution in [2.45, 2.75) is 18.8 Å². The van der Waals surface area contributed by atoms with Gasteiger partial charge in [-0.1, -0.05) is 0 Å². The maximum atomic E-state index is 4.67. The Morgan fingerprint density at radius 3 is 2.81 bits per heavy atom. The second-order valence-corrected chi connectivity index (χ2v) is 5.47. The summed E-state index contributed by atoms with van der Waals surface area (Å²) >= 11 is 0. The first-order chi connectivity index (χ1) is 10.4. The molecule has 0 unspecified atom stereocenters. The van der Waals surface area contributed by atoms with E-state index in [1.54, 1.807) is 12.4 Å². The van der Waals surface area contributed by atoms with Crippen LogP contribution in [0.5, 0.6) is 0 Å². The third-order valence-corrected chi connectivity index (χ3v) is 4.02. The summed E-state index contributed by atoms with van der Waals surface area (Å²) in [4.78, 5) is 8.73. The molecule has 21 heavy (non-hydrogen) atoms. The Balaban J connectivity index is 1.71. The minimum atomic E-state index is 0.433. The largest absolute Gasteiger partial charge is 0.316 e. The van der Waals surface area contributed by atoms with Crippen LogP contribution in [-0.2, 0) is 0 Å². The lowest BCUT2D eigenvalue weighted by atomic mass is 9.99. The summed E-state index contributed by atoms with van der Waals surface area (Å²) in [5, 5.41) is 8.09. The molecule has 1 aliphatic rings. The van der Waals surface area contributed by atoms with Crippen molar-refractivity contribution in [3.63, 3.8) is 0 Å². The summed E-state index contributed by atoms with van der Waals surface area (Å²) in [5.74, 6) is 1.39. The minimum Gasteiger partial charge on any atom is -0.316 e. The van der Waals surface area contributed by atoms with Crippen LogP contribution in [0.25, 0.3) is 16.8 Å². The molecule has 1 aliphatic heterocycles. The van der Waals surface area contributed by atoms with Crippen molar-refractivity contribution in [3.8, 4) is 11.1 Å². The molecule has 5 nitrogen and oxygen atoms in total. The van der Waals surface area contributed by atoms with Gasteiger partial charge >= 0.3 is 0 Å². The highest BCUT2D eigenvalue weighted by Crippen LogP contribution is 2.23. The average Bonchev–Trinajstić information content (AvgIpc) is 2.99. The molecule has 0 amide bonds. The van der Waals surface area contributed by atoms with Gasteiger partial charge in [-0.25, -0.2) is 9.50 Å². The van der Waals surface area contributed by atoms with Crippen LogP contribution in [0.4, 0.5) is 0 Å². The fourth-order valence-electron chi connectivity index (χ4n) is 2.86. The Kier molecular flexibility index (Phi) is 3.12. The van der Waals surface area contributed by atoms with Gasteiger partial charge in [-0.15, -0.1) is 0 Å². The lowest BCUT2D eigenvalue weighted by Gasteiger charge is -2.19. The molecule has 1 fully saturated rings. The molecule has 1 atom stereocenters. The highest BCUT2D eigenvalue weighted by molar-refractivity contribution is 5.63. The number of pyridine rings is 2. The van der Waals surface area contributed by atoms with Gasteiger partial charge in [-0.05, 0) is 49.2 Å². The molecule has 1 saturated heterocycles. The number of hydrogen-bond acceptors (Lipinski definition) is 4. The van der Waals surface area contributed by atoms with Crippen molar-refractivity contribution in [2.24, 2.45) is 0 Å². The van der Waals surface area contributed by atoms with E-state index in [-0.39, 0.29) is 0 Å². The van der Waals surface area contributed by atoms with Gasteiger partial charge in [0.25, 0.3) is 0 Å². The SMILES string of the molecule is c1cc(-c2ccc3nc([C@@H]4CCCNC4)nn3c2)ccn1. The Bertz CT molecular complexity index is 744. The monoisotopic (exact) mass is 279 g/mol. The van der Waals surface area contributed by atoms with Crippen molar-refractivity contribution >= 4 is 5.65 Å². The Labute approximate surface area is 123 Å². The van der Waals surface area contributed by atoms with E-state index in [0.717, 1.165) is 35.7 Å². The number of nitrogens with zero attached hydrogens (tertiary/aromatic N) is 4. The lowest BCUT2D eigenvalue weighted by molar-refractivity contribution is 0.447. The summed E-state index contributed by atoms with van der Waals surface area (Å²) in [5.41, 5.74) is 3.18. The van der Waals surface area contributed by atoms with Gasteiger partial charge in [0.1, 0.15) is 0 Å². The van der Waals surface area contributed by atoms with E-state index in [1.165, 1.54) is 12.8 Å². The predicted octanol–water partition coefficient (Wildman–Crippen LogP) is 2.26. The van der Waals surface area contributed by atoms with Gasteiger partial charge in [0.05, 0.1) is 0 Å². The molecule has 4 heterocycles. The number of rotatable bonds is 2. The van der Waals surface area contributed by atoms with Gasteiger partial charge in [-0.2, -0.15) is 5.10 Å². The predicted molar refractivity (Wildman–Crippen MR) is 81.1 cm³/mol. The molecule has 0 radical (unpaired) electrons. The molecule has 0 saturated carbocycles. The zero-order valence-electron chi connectivity index (χ0n) is 11.7. The van der Waals surface area contributed by atoms with E-state index in [4.69, 9.17) is 0 Å². The molecule has 3 aromatic rings. The van der Waals surface area contributed by atoms with Crippen LogP contribution in [0.1, 0.15) is 24.6 Å². The summed E-state index contributed by atoms with van der Waals surface area (Å²) in [6, 6.07) is 8.12. The van der Waals surface area contributed by atoms with Crippen molar-refractivity contribution in [1.29, 1.82) is 0 Å². The first-order valence-electron chi connectivity index (χ1n) is 7.37. The number of fused-ring (bicyclic) bond motifs is 1. The molecule has 0 aliphatic carbocycles. The fourth-order valence-corrected chi connectivity index (χ4v) is 2.86. The van der Waals surface area contributed by atoms with E-state index in [2.05, 4.69) is 26.4 Å². The number of piperidine rings is 1. The van der Waals surface area contributed by atoms with Gasteiger partial charge < -0.3 is 5.32 Å². The molecule has 1 N–H and O–H groups in total. The lowest BCUT2D eigenvalue weighted by Crippen LogP contribution is -2.28. The normalized spacial score (nSPS) is 19.0. The maximum Gasteiger partial charge on any atom is 0.156 e. The molecule has 5 heteroatoms. The molecular weight excluding hydrogens is 262 g/mol. The zero-order chi connectivity index (χ0) is 14.1. The summed E-state index contributed by atoms with van der Waals surface area (Å²) in [6.07, 6.45) is 8.01. The van der Waals surface area contributed by atoms with Crippen molar-refractivity contribution < 1.29 is 0 Å². The van der Waals surface area contributed by atoms with Crippen molar-refractivity contribution in [3.05, 3.63) is 48.7 Å². The number of hydrogen-bond donors (Lipinski definition) is 1. The Hall–Kier alpha value is -2.27. The molecule has 3 aromatic heterocycles. The van der Waals surface area contributed by atoms with Crippen LogP contribution >= 0.6 is 0 Å². The highest BCUT2D eigenvalue weighted by atomic mass is 15.3. The van der Waals surface area contributed by atoms with Gasteiger partial charge in [-0.3, -0.25) is 4.98 Å². The first-order valence-corrected chi connectivity index (χ1v) is 7.37. The molecule has 0 aromatic carbocycles. The second kappa shape index (κ2) is 5.26. The molecule has 106 valence electrons. The van der Waals surface area contributed by atoms with Crippen molar-refractivity contribution in [1.82, 2.24) is 24.9 Å². The third kappa shape index (κ3) is 2.40. The average molecular weight is 279 g/mol. The number of aromatic nitrogens is 4. The summed E-state index contributed by atoms with van der Waals surface area (Å²) in [6.45, 7) is 2.09.